The lowest BCUT2D eigenvalue weighted by Crippen LogP contribution is -2.59. The summed E-state index contributed by atoms with van der Waals surface area (Å²) in [5, 5.41) is 0.693. The first-order valence-electron chi connectivity index (χ1n) is 11.6. The second kappa shape index (κ2) is 14.4. The van der Waals surface area contributed by atoms with Crippen LogP contribution in [0.2, 0.25) is 0 Å². The lowest BCUT2D eigenvalue weighted by atomic mass is 9.98. The van der Waals surface area contributed by atoms with Crippen molar-refractivity contribution in [2.75, 3.05) is 38.4 Å². The monoisotopic (exact) mass is 496 g/mol. The average Bonchev–Trinajstić information content (AvgIpc) is 3.07. The molecule has 2 aliphatic rings. The van der Waals surface area contributed by atoms with E-state index in [-0.39, 0.29) is 18.3 Å². The largest absolute Gasteiger partial charge is 0.379 e. The third kappa shape index (κ3) is 7.96. The van der Waals surface area contributed by atoms with Crippen molar-refractivity contribution in [3.63, 3.8) is 0 Å². The lowest BCUT2D eigenvalue weighted by Gasteiger charge is -2.42. The van der Waals surface area contributed by atoms with E-state index in [1.807, 2.05) is 0 Å². The molecule has 0 aromatic heterocycles. The zero-order valence-corrected chi connectivity index (χ0v) is 20.7. The van der Waals surface area contributed by atoms with Crippen LogP contribution in [0.25, 0.3) is 0 Å². The van der Waals surface area contributed by atoms with Gasteiger partial charge in [-0.15, -0.1) is 0 Å². The number of ether oxygens (including phenoxy) is 7. The highest BCUT2D eigenvalue weighted by Crippen LogP contribution is 2.39. The summed E-state index contributed by atoms with van der Waals surface area (Å²) in [5.74, 6) is -1.17. The molecule has 2 aliphatic heterocycles. The minimum Gasteiger partial charge on any atom is -0.379 e. The van der Waals surface area contributed by atoms with Gasteiger partial charge in [-0.2, -0.15) is 0 Å². The van der Waals surface area contributed by atoms with Crippen molar-refractivity contribution >= 4 is 15.9 Å². The Hall–Kier alpha value is 0.200. The summed E-state index contributed by atoms with van der Waals surface area (Å²) >= 11 is 3.38. The fraction of sp³-hybridized carbons (Fsp3) is 1.00. The third-order valence-electron chi connectivity index (χ3n) is 5.25. The molecule has 178 valence electrons. The van der Waals surface area contributed by atoms with Crippen LogP contribution in [0.5, 0.6) is 0 Å². The SMILES string of the molecule is CCCCOCC1O[C@H]2OC(C)(OCCBr)O[C@@H]2C(OCCCC)[C@@H]1OCCCC. The van der Waals surface area contributed by atoms with Crippen LogP contribution in [0.3, 0.4) is 0 Å². The van der Waals surface area contributed by atoms with E-state index in [0.29, 0.717) is 38.4 Å². The predicted molar refractivity (Wildman–Crippen MR) is 118 cm³/mol. The van der Waals surface area contributed by atoms with Gasteiger partial charge in [0.05, 0.1) is 13.2 Å². The normalized spacial score (nSPS) is 33.7. The van der Waals surface area contributed by atoms with Crippen LogP contribution in [0.15, 0.2) is 0 Å². The zero-order chi connectivity index (χ0) is 21.8. The van der Waals surface area contributed by atoms with Crippen LogP contribution in [0.1, 0.15) is 66.2 Å². The fourth-order valence-electron chi connectivity index (χ4n) is 3.58. The van der Waals surface area contributed by atoms with Gasteiger partial charge in [0, 0.05) is 32.1 Å². The summed E-state index contributed by atoms with van der Waals surface area (Å²) in [6, 6.07) is 0. The molecular formula is C22H41BrO7. The highest BCUT2D eigenvalue weighted by molar-refractivity contribution is 9.09. The maximum absolute atomic E-state index is 6.31. The molecule has 0 saturated carbocycles. The molecule has 0 bridgehead atoms. The topological polar surface area (TPSA) is 64.6 Å². The lowest BCUT2D eigenvalue weighted by molar-refractivity contribution is -0.342. The third-order valence-corrected chi connectivity index (χ3v) is 5.58. The molecular weight excluding hydrogens is 456 g/mol. The van der Waals surface area contributed by atoms with Gasteiger partial charge < -0.3 is 28.4 Å². The van der Waals surface area contributed by atoms with E-state index >= 15 is 0 Å². The summed E-state index contributed by atoms with van der Waals surface area (Å²) in [4.78, 5) is 0. The first-order chi connectivity index (χ1) is 14.6. The van der Waals surface area contributed by atoms with E-state index in [0.717, 1.165) is 38.5 Å². The molecule has 0 aliphatic carbocycles. The van der Waals surface area contributed by atoms with E-state index in [2.05, 4.69) is 36.7 Å². The Morgan fingerprint density at radius 3 is 2.10 bits per heavy atom. The van der Waals surface area contributed by atoms with Crippen LogP contribution in [0.4, 0.5) is 0 Å². The summed E-state index contributed by atoms with van der Waals surface area (Å²) < 4.78 is 42.8. The molecule has 30 heavy (non-hydrogen) atoms. The van der Waals surface area contributed by atoms with Gasteiger partial charge in [0.1, 0.15) is 24.4 Å². The molecule has 2 fully saturated rings. The molecule has 6 atom stereocenters. The van der Waals surface area contributed by atoms with Gasteiger partial charge in [0.2, 0.25) is 0 Å². The number of hydrogen-bond donors (Lipinski definition) is 0. The number of halogens is 1. The van der Waals surface area contributed by atoms with Gasteiger partial charge >= 0.3 is 0 Å². The van der Waals surface area contributed by atoms with Crippen molar-refractivity contribution in [1.29, 1.82) is 0 Å². The number of unbranched alkanes of at least 4 members (excludes halogenated alkanes) is 3. The molecule has 0 aromatic carbocycles. The van der Waals surface area contributed by atoms with Crippen molar-refractivity contribution in [2.45, 2.75) is 103 Å². The molecule has 8 heteroatoms. The number of alkyl halides is 1. The summed E-state index contributed by atoms with van der Waals surface area (Å²) in [7, 11) is 0. The molecule has 2 heterocycles. The van der Waals surface area contributed by atoms with Crippen LogP contribution < -0.4 is 0 Å². The molecule has 0 aromatic rings. The van der Waals surface area contributed by atoms with Gasteiger partial charge in [-0.25, -0.2) is 0 Å². The van der Waals surface area contributed by atoms with Crippen molar-refractivity contribution < 1.29 is 33.2 Å². The highest BCUT2D eigenvalue weighted by atomic mass is 79.9. The molecule has 0 radical (unpaired) electrons. The second-order valence-electron chi connectivity index (χ2n) is 7.95. The first kappa shape index (κ1) is 26.5. The van der Waals surface area contributed by atoms with Crippen molar-refractivity contribution in [1.82, 2.24) is 0 Å². The molecule has 0 spiro atoms. The van der Waals surface area contributed by atoms with Crippen LogP contribution >= 0.6 is 15.9 Å². The Bertz CT molecular complexity index is 455. The quantitative estimate of drug-likeness (QED) is 0.231. The Kier molecular flexibility index (Phi) is 12.7. The maximum Gasteiger partial charge on any atom is 0.282 e. The van der Waals surface area contributed by atoms with Gasteiger partial charge in [0.25, 0.3) is 5.97 Å². The first-order valence-corrected chi connectivity index (χ1v) is 12.7. The Labute approximate surface area is 190 Å². The minimum atomic E-state index is -1.17. The second-order valence-corrected chi connectivity index (χ2v) is 8.74. The molecule has 2 rings (SSSR count). The Balaban J connectivity index is 2.13. The minimum absolute atomic E-state index is 0.279. The van der Waals surface area contributed by atoms with Gasteiger partial charge in [-0.1, -0.05) is 56.0 Å². The summed E-state index contributed by atoms with van der Waals surface area (Å²) in [5.41, 5.74) is 0. The fourth-order valence-corrected chi connectivity index (χ4v) is 3.74. The average molecular weight is 497 g/mol. The van der Waals surface area contributed by atoms with E-state index in [9.17, 15) is 0 Å². The van der Waals surface area contributed by atoms with Crippen molar-refractivity contribution in [3.05, 3.63) is 0 Å². The predicted octanol–water partition coefficient (Wildman–Crippen LogP) is 4.40. The number of fused-ring (bicyclic) bond motifs is 1. The molecule has 0 N–H and O–H groups in total. The Morgan fingerprint density at radius 2 is 1.47 bits per heavy atom. The van der Waals surface area contributed by atoms with E-state index in [1.54, 1.807) is 6.92 Å². The maximum atomic E-state index is 6.31. The molecule has 7 nitrogen and oxygen atoms in total. The van der Waals surface area contributed by atoms with Crippen molar-refractivity contribution in [3.8, 4) is 0 Å². The molecule has 3 unspecified atom stereocenters. The standard InChI is InChI=1S/C22H41BrO7/c1-5-8-12-24-16-17-18(25-13-9-6-2)19(26-14-10-7-3)20-21(28-17)30-22(4,29-20)27-15-11-23/h17-21H,5-16H2,1-4H3/t17?,18-,19?,20-,21+,22?/m1/s1. The smallest absolute Gasteiger partial charge is 0.282 e. The summed E-state index contributed by atoms with van der Waals surface area (Å²) in [6.45, 7) is 11.1. The molecule has 0 amide bonds. The number of hydrogen-bond acceptors (Lipinski definition) is 7. The highest BCUT2D eigenvalue weighted by Gasteiger charge is 2.57. The van der Waals surface area contributed by atoms with E-state index < -0.39 is 18.4 Å². The van der Waals surface area contributed by atoms with E-state index in [4.69, 9.17) is 33.2 Å². The van der Waals surface area contributed by atoms with Gasteiger partial charge in [-0.05, 0) is 19.3 Å². The van der Waals surface area contributed by atoms with Crippen LogP contribution in [-0.4, -0.2) is 75.0 Å². The molecule has 2 saturated heterocycles. The summed E-state index contributed by atoms with van der Waals surface area (Å²) in [6.07, 6.45) is 4.34. The van der Waals surface area contributed by atoms with E-state index in [1.165, 1.54) is 0 Å². The van der Waals surface area contributed by atoms with Gasteiger partial charge in [-0.3, -0.25) is 4.74 Å². The van der Waals surface area contributed by atoms with Crippen molar-refractivity contribution in [2.24, 2.45) is 0 Å². The number of rotatable bonds is 16. The Morgan fingerprint density at radius 1 is 0.833 bits per heavy atom. The van der Waals surface area contributed by atoms with Crippen LogP contribution in [0, 0.1) is 0 Å². The van der Waals surface area contributed by atoms with Gasteiger partial charge in [0.15, 0.2) is 6.29 Å². The van der Waals surface area contributed by atoms with Crippen LogP contribution in [-0.2, 0) is 33.2 Å². The zero-order valence-electron chi connectivity index (χ0n) is 19.1.